The smallest absolute Gasteiger partial charge is 0.274 e. The van der Waals surface area contributed by atoms with Crippen LogP contribution in [-0.2, 0) is 4.79 Å². The van der Waals surface area contributed by atoms with Gasteiger partial charge in [0.1, 0.15) is 5.75 Å². The van der Waals surface area contributed by atoms with Crippen molar-refractivity contribution in [3.8, 4) is 5.75 Å². The molecule has 0 spiro atoms. The number of hydrogen-bond donors (Lipinski definition) is 2. The van der Waals surface area contributed by atoms with Gasteiger partial charge in [-0.1, -0.05) is 24.3 Å². The third kappa shape index (κ3) is 5.47. The third-order valence-corrected chi connectivity index (χ3v) is 5.25. The second kappa shape index (κ2) is 10.9. The number of methoxy groups -OCH3 is 1. The fourth-order valence-electron chi connectivity index (χ4n) is 3.68. The van der Waals surface area contributed by atoms with E-state index in [1.54, 1.807) is 26.2 Å². The van der Waals surface area contributed by atoms with Crippen LogP contribution in [0.2, 0.25) is 0 Å². The maximum Gasteiger partial charge on any atom is 0.274 e. The number of carbonyl (C=O) groups is 1. The maximum atomic E-state index is 12.5. The van der Waals surface area contributed by atoms with Crippen molar-refractivity contribution in [3.63, 3.8) is 0 Å². The molecule has 0 aromatic heterocycles. The van der Waals surface area contributed by atoms with Crippen molar-refractivity contribution in [1.29, 1.82) is 0 Å². The fourth-order valence-corrected chi connectivity index (χ4v) is 3.68. The number of piperazine rings is 1. The Balaban J connectivity index is 0.00000320. The first kappa shape index (κ1) is 23.6. The molecule has 1 saturated heterocycles. The van der Waals surface area contributed by atoms with E-state index in [1.165, 1.54) is 6.07 Å². The monoisotopic (exact) mass is 434 g/mol. The molecule has 1 unspecified atom stereocenters. The lowest BCUT2D eigenvalue weighted by Gasteiger charge is -2.37. The molecule has 0 bridgehead atoms. The Hall–Kier alpha value is -2.68. The predicted octanol–water partition coefficient (Wildman–Crippen LogP) is 3.31. The molecule has 162 valence electrons. The highest BCUT2D eigenvalue weighted by Gasteiger charge is 2.26. The molecule has 2 N–H and O–H groups in total. The van der Waals surface area contributed by atoms with Crippen molar-refractivity contribution >= 4 is 29.7 Å². The molecular formula is C21H27ClN4O4. The molecule has 1 fully saturated rings. The minimum absolute atomic E-state index is 0. The number of benzene rings is 2. The van der Waals surface area contributed by atoms with Crippen LogP contribution in [0.1, 0.15) is 23.6 Å². The number of ether oxygens (including phenoxy) is 1. The highest BCUT2D eigenvalue weighted by molar-refractivity contribution is 5.92. The molecule has 1 atom stereocenters. The number of nitro groups is 1. The molecule has 9 heteroatoms. The number of nitro benzene ring substituents is 1. The lowest BCUT2D eigenvalue weighted by atomic mass is 10.0. The fraction of sp³-hybridized carbons (Fsp3) is 0.381. The first-order valence-corrected chi connectivity index (χ1v) is 9.62. The van der Waals surface area contributed by atoms with Crippen LogP contribution in [0.15, 0.2) is 42.5 Å². The van der Waals surface area contributed by atoms with Crippen LogP contribution in [0.25, 0.3) is 0 Å². The van der Waals surface area contributed by atoms with Gasteiger partial charge in [0.15, 0.2) is 0 Å². The van der Waals surface area contributed by atoms with Crippen LogP contribution in [0.3, 0.4) is 0 Å². The highest BCUT2D eigenvalue weighted by Crippen LogP contribution is 2.30. The summed E-state index contributed by atoms with van der Waals surface area (Å²) in [6, 6.07) is 12.7. The van der Waals surface area contributed by atoms with Crippen molar-refractivity contribution in [1.82, 2.24) is 10.2 Å². The number of amides is 1. The van der Waals surface area contributed by atoms with E-state index in [1.807, 2.05) is 18.2 Å². The topological polar surface area (TPSA) is 96.7 Å². The summed E-state index contributed by atoms with van der Waals surface area (Å²) < 4.78 is 5.51. The quantitative estimate of drug-likeness (QED) is 0.512. The molecule has 1 aliphatic rings. The summed E-state index contributed by atoms with van der Waals surface area (Å²) in [5, 5.41) is 17.3. The number of nitrogens with zero attached hydrogens (tertiary/aromatic N) is 2. The number of nitrogens with one attached hydrogen (secondary N) is 2. The summed E-state index contributed by atoms with van der Waals surface area (Å²) in [5.41, 5.74) is 2.03. The van der Waals surface area contributed by atoms with Gasteiger partial charge in [-0.2, -0.15) is 0 Å². The summed E-state index contributed by atoms with van der Waals surface area (Å²) in [6.07, 6.45) is 0.299. The summed E-state index contributed by atoms with van der Waals surface area (Å²) in [4.78, 5) is 25.4. The molecule has 2 aromatic rings. The molecular weight excluding hydrogens is 408 g/mol. The third-order valence-electron chi connectivity index (χ3n) is 5.25. The molecule has 2 aromatic carbocycles. The zero-order valence-electron chi connectivity index (χ0n) is 17.1. The zero-order chi connectivity index (χ0) is 20.8. The number of rotatable bonds is 7. The lowest BCUT2D eigenvalue weighted by Crippen LogP contribution is -2.46. The summed E-state index contributed by atoms with van der Waals surface area (Å²) >= 11 is 0. The zero-order valence-corrected chi connectivity index (χ0v) is 17.9. The van der Waals surface area contributed by atoms with Gasteiger partial charge in [-0.15, -0.1) is 12.4 Å². The van der Waals surface area contributed by atoms with Crippen molar-refractivity contribution < 1.29 is 14.5 Å². The van der Waals surface area contributed by atoms with E-state index in [4.69, 9.17) is 4.74 Å². The number of anilines is 1. The standard InChI is InChI=1S/C21H26N4O4.ClH/c1-15-17(7-5-8-18(15)25(27)28)23-21(26)10-12-24-13-11-22-14-19(24)16-6-3-4-9-20(16)29-2;/h3-9,19,22H,10-14H2,1-2H3,(H,23,26);1H. The highest BCUT2D eigenvalue weighted by atomic mass is 35.5. The largest absolute Gasteiger partial charge is 0.496 e. The molecule has 1 amide bonds. The SMILES string of the molecule is COc1ccccc1C1CNCCN1CCC(=O)Nc1cccc([N+](=O)[O-])c1C.Cl. The van der Waals surface area contributed by atoms with E-state index in [0.29, 0.717) is 24.2 Å². The lowest BCUT2D eigenvalue weighted by molar-refractivity contribution is -0.385. The van der Waals surface area contributed by atoms with Crippen LogP contribution >= 0.6 is 12.4 Å². The van der Waals surface area contributed by atoms with Crippen LogP contribution in [0.5, 0.6) is 5.75 Å². The summed E-state index contributed by atoms with van der Waals surface area (Å²) in [5.74, 6) is 0.675. The molecule has 0 aliphatic carbocycles. The van der Waals surface area contributed by atoms with Crippen LogP contribution in [0, 0.1) is 17.0 Å². The van der Waals surface area contributed by atoms with Gasteiger partial charge in [-0.3, -0.25) is 19.8 Å². The number of halogens is 1. The van der Waals surface area contributed by atoms with Crippen LogP contribution in [0.4, 0.5) is 11.4 Å². The van der Waals surface area contributed by atoms with E-state index >= 15 is 0 Å². The summed E-state index contributed by atoms with van der Waals surface area (Å²) in [7, 11) is 1.66. The number of carbonyl (C=O) groups excluding carboxylic acids is 1. The predicted molar refractivity (Wildman–Crippen MR) is 119 cm³/mol. The van der Waals surface area contributed by atoms with Crippen LogP contribution < -0.4 is 15.4 Å². The number of para-hydroxylation sites is 1. The van der Waals surface area contributed by atoms with E-state index in [2.05, 4.69) is 21.6 Å². The Morgan fingerprint density at radius 3 is 2.80 bits per heavy atom. The van der Waals surface area contributed by atoms with Gasteiger partial charge in [-0.25, -0.2) is 0 Å². The second-order valence-electron chi connectivity index (χ2n) is 7.00. The Kier molecular flexibility index (Phi) is 8.58. The first-order valence-electron chi connectivity index (χ1n) is 9.62. The van der Waals surface area contributed by atoms with Crippen LogP contribution in [-0.4, -0.2) is 49.0 Å². The van der Waals surface area contributed by atoms with Crippen molar-refractivity contribution in [2.75, 3.05) is 38.6 Å². The van der Waals surface area contributed by atoms with Gasteiger partial charge in [0.25, 0.3) is 5.69 Å². The Morgan fingerprint density at radius 2 is 2.07 bits per heavy atom. The van der Waals surface area contributed by atoms with E-state index in [0.717, 1.165) is 30.9 Å². The first-order chi connectivity index (χ1) is 14.0. The molecule has 8 nitrogen and oxygen atoms in total. The Bertz CT molecular complexity index is 893. The van der Waals surface area contributed by atoms with Crippen molar-refractivity contribution in [2.24, 2.45) is 0 Å². The molecule has 1 aliphatic heterocycles. The average Bonchev–Trinajstić information content (AvgIpc) is 2.73. The van der Waals surface area contributed by atoms with E-state index in [-0.39, 0.29) is 30.0 Å². The van der Waals surface area contributed by atoms with E-state index in [9.17, 15) is 14.9 Å². The van der Waals surface area contributed by atoms with E-state index < -0.39 is 4.92 Å². The van der Waals surface area contributed by atoms with Gasteiger partial charge in [0.05, 0.1) is 29.3 Å². The molecule has 0 saturated carbocycles. The minimum Gasteiger partial charge on any atom is -0.496 e. The Labute approximate surface area is 182 Å². The molecule has 3 rings (SSSR count). The van der Waals surface area contributed by atoms with Gasteiger partial charge in [-0.05, 0) is 19.1 Å². The Morgan fingerprint density at radius 1 is 1.30 bits per heavy atom. The van der Waals surface area contributed by atoms with Gasteiger partial charge < -0.3 is 15.4 Å². The minimum atomic E-state index is -0.441. The van der Waals surface area contributed by atoms with Crippen molar-refractivity contribution in [2.45, 2.75) is 19.4 Å². The van der Waals surface area contributed by atoms with Gasteiger partial charge in [0, 0.05) is 44.2 Å². The van der Waals surface area contributed by atoms with Gasteiger partial charge >= 0.3 is 0 Å². The van der Waals surface area contributed by atoms with Gasteiger partial charge in [0.2, 0.25) is 5.91 Å². The molecule has 1 heterocycles. The number of hydrogen-bond acceptors (Lipinski definition) is 6. The summed E-state index contributed by atoms with van der Waals surface area (Å²) in [6.45, 7) is 4.70. The van der Waals surface area contributed by atoms with Crippen molar-refractivity contribution in [3.05, 3.63) is 63.7 Å². The normalized spacial score (nSPS) is 16.4. The maximum absolute atomic E-state index is 12.5. The molecule has 30 heavy (non-hydrogen) atoms. The molecule has 0 radical (unpaired) electrons. The average molecular weight is 435 g/mol. The second-order valence-corrected chi connectivity index (χ2v) is 7.00.